The van der Waals surface area contributed by atoms with Gasteiger partial charge in [0.15, 0.2) is 0 Å². The average Bonchev–Trinajstić information content (AvgIpc) is 2.87. The van der Waals surface area contributed by atoms with Crippen LogP contribution < -0.4 is 5.32 Å². The van der Waals surface area contributed by atoms with Crippen molar-refractivity contribution in [3.8, 4) is 11.5 Å². The Morgan fingerprint density at radius 3 is 2.95 bits per heavy atom. The molecule has 0 saturated carbocycles. The molecule has 0 fully saturated rings. The van der Waals surface area contributed by atoms with E-state index in [0.29, 0.717) is 23.8 Å². The van der Waals surface area contributed by atoms with Gasteiger partial charge in [0.2, 0.25) is 11.8 Å². The molecule has 0 aliphatic carbocycles. The summed E-state index contributed by atoms with van der Waals surface area (Å²) in [6.07, 6.45) is 1.63. The molecule has 19 heavy (non-hydrogen) atoms. The highest BCUT2D eigenvalue weighted by Crippen LogP contribution is 2.23. The second-order valence-electron chi connectivity index (χ2n) is 4.09. The number of nitrogens with one attached hydrogen (secondary N) is 1. The Labute approximate surface area is 116 Å². The zero-order valence-corrected chi connectivity index (χ0v) is 11.4. The Balaban J connectivity index is 2.01. The van der Waals surface area contributed by atoms with Crippen LogP contribution >= 0.6 is 11.6 Å². The van der Waals surface area contributed by atoms with Crippen LogP contribution in [0.25, 0.3) is 11.5 Å². The lowest BCUT2D eigenvalue weighted by molar-refractivity contribution is 0.492. The van der Waals surface area contributed by atoms with E-state index in [1.807, 2.05) is 0 Å². The molecule has 4 nitrogen and oxygen atoms in total. The third-order valence-corrected chi connectivity index (χ3v) is 2.93. The molecule has 1 N–H and O–H groups in total. The molecule has 0 atom stereocenters. The number of aryl methyl sites for hydroxylation is 1. The van der Waals surface area contributed by atoms with Gasteiger partial charge in [-0.2, -0.15) is 0 Å². The lowest BCUT2D eigenvalue weighted by Gasteiger charge is -1.98. The largest absolute Gasteiger partial charge is 0.421 e. The fourth-order valence-corrected chi connectivity index (χ4v) is 1.76. The van der Waals surface area contributed by atoms with Crippen LogP contribution in [0.4, 0.5) is 4.39 Å². The van der Waals surface area contributed by atoms with E-state index in [9.17, 15) is 4.39 Å². The van der Waals surface area contributed by atoms with E-state index in [-0.39, 0.29) is 5.02 Å². The minimum absolute atomic E-state index is 0.0779. The van der Waals surface area contributed by atoms with Crippen molar-refractivity contribution in [2.45, 2.75) is 19.8 Å². The van der Waals surface area contributed by atoms with Gasteiger partial charge in [0.05, 0.1) is 5.02 Å². The summed E-state index contributed by atoms with van der Waals surface area (Å²) in [5.41, 5.74) is 0.535. The molecule has 6 heteroatoms. The zero-order valence-electron chi connectivity index (χ0n) is 10.6. The zero-order chi connectivity index (χ0) is 13.7. The van der Waals surface area contributed by atoms with Crippen molar-refractivity contribution in [3.05, 3.63) is 34.9 Å². The van der Waals surface area contributed by atoms with Gasteiger partial charge in [-0.3, -0.25) is 0 Å². The second kappa shape index (κ2) is 6.63. The van der Waals surface area contributed by atoms with Crippen molar-refractivity contribution >= 4 is 11.6 Å². The first-order valence-electron chi connectivity index (χ1n) is 6.19. The van der Waals surface area contributed by atoms with Crippen LogP contribution in [-0.2, 0) is 6.42 Å². The molecule has 0 amide bonds. The van der Waals surface area contributed by atoms with Gasteiger partial charge in [-0.15, -0.1) is 10.2 Å². The van der Waals surface area contributed by atoms with E-state index >= 15 is 0 Å². The summed E-state index contributed by atoms with van der Waals surface area (Å²) in [5, 5.41) is 11.1. The first kappa shape index (κ1) is 14.0. The second-order valence-corrected chi connectivity index (χ2v) is 4.49. The molecule has 0 saturated heterocycles. The van der Waals surface area contributed by atoms with Gasteiger partial charge in [-0.1, -0.05) is 18.5 Å². The van der Waals surface area contributed by atoms with Gasteiger partial charge in [0.1, 0.15) is 5.82 Å². The highest BCUT2D eigenvalue weighted by atomic mass is 35.5. The summed E-state index contributed by atoms with van der Waals surface area (Å²) in [6.45, 7) is 3.91. The summed E-state index contributed by atoms with van der Waals surface area (Å²) in [4.78, 5) is 0. The van der Waals surface area contributed by atoms with E-state index in [0.717, 1.165) is 19.5 Å². The Morgan fingerprint density at radius 2 is 2.21 bits per heavy atom. The Hall–Kier alpha value is -1.46. The van der Waals surface area contributed by atoms with Crippen LogP contribution in [-0.4, -0.2) is 23.3 Å². The van der Waals surface area contributed by atoms with E-state index < -0.39 is 5.82 Å². The normalized spacial score (nSPS) is 10.9. The molecule has 0 unspecified atom stereocenters. The molecule has 0 bridgehead atoms. The smallest absolute Gasteiger partial charge is 0.247 e. The van der Waals surface area contributed by atoms with Gasteiger partial charge in [0, 0.05) is 12.0 Å². The topological polar surface area (TPSA) is 51.0 Å². The van der Waals surface area contributed by atoms with Crippen molar-refractivity contribution in [2.75, 3.05) is 13.1 Å². The minimum atomic E-state index is -0.494. The summed E-state index contributed by atoms with van der Waals surface area (Å²) in [5.74, 6) is 0.378. The van der Waals surface area contributed by atoms with E-state index in [4.69, 9.17) is 16.0 Å². The molecule has 2 rings (SSSR count). The van der Waals surface area contributed by atoms with E-state index in [1.54, 1.807) is 6.07 Å². The van der Waals surface area contributed by atoms with Crippen molar-refractivity contribution in [2.24, 2.45) is 0 Å². The number of hydrogen-bond donors (Lipinski definition) is 1. The summed E-state index contributed by atoms with van der Waals surface area (Å²) >= 11 is 5.62. The van der Waals surface area contributed by atoms with Crippen molar-refractivity contribution < 1.29 is 8.81 Å². The molecule has 2 aromatic rings. The number of benzene rings is 1. The van der Waals surface area contributed by atoms with Gasteiger partial charge < -0.3 is 9.73 Å². The number of nitrogens with zero attached hydrogens (tertiary/aromatic N) is 2. The molecular formula is C13H15ClFN3O. The predicted molar refractivity (Wildman–Crippen MR) is 71.6 cm³/mol. The van der Waals surface area contributed by atoms with Crippen LogP contribution in [0.5, 0.6) is 0 Å². The monoisotopic (exact) mass is 283 g/mol. The Morgan fingerprint density at radius 1 is 1.37 bits per heavy atom. The Kier molecular flexibility index (Phi) is 4.87. The van der Waals surface area contributed by atoms with Crippen molar-refractivity contribution in [1.29, 1.82) is 0 Å². The maximum atomic E-state index is 13.3. The standard InChI is InChI=1S/C13H15ClFN3O/c1-2-16-7-3-4-12-17-18-13(19-12)9-5-6-10(14)11(15)8-9/h5-6,8,16H,2-4,7H2,1H3. The number of halogens is 2. The molecule has 0 radical (unpaired) electrons. The SMILES string of the molecule is CCNCCCc1nnc(-c2ccc(Cl)c(F)c2)o1. The molecule has 0 aliphatic heterocycles. The molecular weight excluding hydrogens is 269 g/mol. The van der Waals surface area contributed by atoms with Crippen LogP contribution in [0.1, 0.15) is 19.2 Å². The van der Waals surface area contributed by atoms with Gasteiger partial charge in [0.25, 0.3) is 0 Å². The fourth-order valence-electron chi connectivity index (χ4n) is 1.64. The highest BCUT2D eigenvalue weighted by Gasteiger charge is 2.10. The maximum Gasteiger partial charge on any atom is 0.247 e. The van der Waals surface area contributed by atoms with E-state index in [2.05, 4.69) is 22.4 Å². The van der Waals surface area contributed by atoms with Gasteiger partial charge in [-0.05, 0) is 37.7 Å². The van der Waals surface area contributed by atoms with Crippen LogP contribution in [0.2, 0.25) is 5.02 Å². The third-order valence-electron chi connectivity index (χ3n) is 2.63. The molecule has 0 spiro atoms. The Bertz CT molecular complexity index is 544. The number of hydrogen-bond acceptors (Lipinski definition) is 4. The summed E-state index contributed by atoms with van der Waals surface area (Å²) < 4.78 is 18.8. The van der Waals surface area contributed by atoms with Crippen LogP contribution in [0, 0.1) is 5.82 Å². The third kappa shape index (κ3) is 3.75. The fraction of sp³-hybridized carbons (Fsp3) is 0.385. The quantitative estimate of drug-likeness (QED) is 0.828. The average molecular weight is 284 g/mol. The van der Waals surface area contributed by atoms with E-state index in [1.165, 1.54) is 12.1 Å². The minimum Gasteiger partial charge on any atom is -0.421 e. The lowest BCUT2D eigenvalue weighted by Crippen LogP contribution is -2.14. The highest BCUT2D eigenvalue weighted by molar-refractivity contribution is 6.30. The maximum absolute atomic E-state index is 13.3. The van der Waals surface area contributed by atoms with Gasteiger partial charge >= 0.3 is 0 Å². The van der Waals surface area contributed by atoms with Gasteiger partial charge in [-0.25, -0.2) is 4.39 Å². The number of aromatic nitrogens is 2. The van der Waals surface area contributed by atoms with Crippen molar-refractivity contribution in [3.63, 3.8) is 0 Å². The molecule has 102 valence electrons. The van der Waals surface area contributed by atoms with Crippen molar-refractivity contribution in [1.82, 2.24) is 15.5 Å². The summed E-state index contributed by atoms with van der Waals surface area (Å²) in [6, 6.07) is 4.42. The predicted octanol–water partition coefficient (Wildman–Crippen LogP) is 3.07. The molecule has 0 aliphatic rings. The van der Waals surface area contributed by atoms with Crippen LogP contribution in [0.3, 0.4) is 0 Å². The summed E-state index contributed by atoms with van der Waals surface area (Å²) in [7, 11) is 0. The molecule has 1 heterocycles. The number of rotatable bonds is 6. The lowest BCUT2D eigenvalue weighted by atomic mass is 10.2. The molecule has 1 aromatic heterocycles. The first-order chi connectivity index (χ1) is 9.20. The first-order valence-corrected chi connectivity index (χ1v) is 6.57. The van der Waals surface area contributed by atoms with Crippen LogP contribution in [0.15, 0.2) is 22.6 Å². The molecule has 1 aromatic carbocycles.